The third kappa shape index (κ3) is 4.22. The fraction of sp³-hybridized carbons (Fsp3) is 0.294. The fourth-order valence-corrected chi connectivity index (χ4v) is 1.91. The molecule has 2 rings (SSSR count). The molecule has 0 radical (unpaired) electrons. The Morgan fingerprint density at radius 2 is 2.14 bits per heavy atom. The van der Waals surface area contributed by atoms with E-state index in [0.29, 0.717) is 23.7 Å². The lowest BCUT2D eigenvalue weighted by Crippen LogP contribution is -2.07. The van der Waals surface area contributed by atoms with Crippen LogP contribution in [0.2, 0.25) is 0 Å². The molecule has 0 fully saturated rings. The number of aryl methyl sites for hydroxylation is 1. The molecule has 0 amide bonds. The van der Waals surface area contributed by atoms with Gasteiger partial charge in [-0.15, -0.1) is 0 Å². The molecule has 5 heteroatoms. The van der Waals surface area contributed by atoms with E-state index in [1.807, 2.05) is 19.1 Å². The van der Waals surface area contributed by atoms with Gasteiger partial charge in [-0.3, -0.25) is 0 Å². The number of carbonyl (C=O) groups is 1. The highest BCUT2D eigenvalue weighted by Crippen LogP contribution is 2.19. The number of aromatic nitrogens is 1. The molecule has 1 heterocycles. The van der Waals surface area contributed by atoms with Gasteiger partial charge in [0.15, 0.2) is 0 Å². The molecule has 1 aromatic heterocycles. The van der Waals surface area contributed by atoms with Crippen molar-refractivity contribution in [2.45, 2.75) is 26.7 Å². The van der Waals surface area contributed by atoms with Gasteiger partial charge in [0.05, 0.1) is 23.6 Å². The average Bonchev–Trinajstić information content (AvgIpc) is 2.51. The van der Waals surface area contributed by atoms with Gasteiger partial charge in [0.2, 0.25) is 0 Å². The number of anilines is 3. The number of nitrogens with zero attached hydrogens (tertiary/aromatic N) is 1. The topological polar surface area (TPSA) is 77.2 Å². The first-order valence-corrected chi connectivity index (χ1v) is 7.37. The lowest BCUT2D eigenvalue weighted by molar-refractivity contribution is 0.0500. The van der Waals surface area contributed by atoms with Gasteiger partial charge in [-0.25, -0.2) is 9.78 Å². The van der Waals surface area contributed by atoms with Crippen molar-refractivity contribution in [3.05, 3.63) is 47.7 Å². The molecule has 22 heavy (non-hydrogen) atoms. The van der Waals surface area contributed by atoms with E-state index in [0.717, 1.165) is 24.2 Å². The molecule has 0 saturated heterocycles. The summed E-state index contributed by atoms with van der Waals surface area (Å²) >= 11 is 0. The van der Waals surface area contributed by atoms with E-state index in [9.17, 15) is 4.79 Å². The Morgan fingerprint density at radius 3 is 2.86 bits per heavy atom. The highest BCUT2D eigenvalue weighted by molar-refractivity contribution is 5.90. The number of pyridine rings is 1. The number of nitrogens with one attached hydrogen (secondary N) is 1. The molecule has 5 nitrogen and oxygen atoms in total. The summed E-state index contributed by atoms with van der Waals surface area (Å²) in [5, 5.41) is 3.16. The van der Waals surface area contributed by atoms with E-state index in [1.165, 1.54) is 0 Å². The normalized spacial score (nSPS) is 10.3. The number of nitrogens with two attached hydrogens (primary N) is 1. The maximum absolute atomic E-state index is 11.9. The minimum Gasteiger partial charge on any atom is -0.462 e. The molecule has 116 valence electrons. The van der Waals surface area contributed by atoms with Crippen LogP contribution < -0.4 is 11.1 Å². The number of hydrogen-bond acceptors (Lipinski definition) is 5. The minimum absolute atomic E-state index is 0.307. The second-order valence-electron chi connectivity index (χ2n) is 5.07. The lowest BCUT2D eigenvalue weighted by atomic mass is 10.2. The first-order chi connectivity index (χ1) is 10.6. The van der Waals surface area contributed by atoms with Crippen molar-refractivity contribution in [3.8, 4) is 0 Å². The van der Waals surface area contributed by atoms with Gasteiger partial charge >= 0.3 is 5.97 Å². The molecule has 0 saturated carbocycles. The Labute approximate surface area is 130 Å². The number of rotatable bonds is 6. The predicted molar refractivity (Wildman–Crippen MR) is 88.3 cm³/mol. The summed E-state index contributed by atoms with van der Waals surface area (Å²) in [6, 6.07) is 10.8. The summed E-state index contributed by atoms with van der Waals surface area (Å²) in [5.41, 5.74) is 8.47. The maximum Gasteiger partial charge on any atom is 0.338 e. The standard InChI is InChI=1S/C17H21N3O2/c1-3-4-10-22-17(21)13-6-5-7-14(11-13)20-16-9-8-15(18)12(2)19-16/h5-9,11H,3-4,10,18H2,1-2H3,(H,19,20). The van der Waals surface area contributed by atoms with Crippen molar-refractivity contribution in [3.63, 3.8) is 0 Å². The zero-order valence-corrected chi connectivity index (χ0v) is 12.9. The van der Waals surface area contributed by atoms with E-state index in [1.54, 1.807) is 24.3 Å². The van der Waals surface area contributed by atoms with E-state index >= 15 is 0 Å². The van der Waals surface area contributed by atoms with Crippen LogP contribution in [0.25, 0.3) is 0 Å². The van der Waals surface area contributed by atoms with Crippen LogP contribution in [0.3, 0.4) is 0 Å². The van der Waals surface area contributed by atoms with E-state index in [-0.39, 0.29) is 5.97 Å². The van der Waals surface area contributed by atoms with Crippen LogP contribution in [-0.2, 0) is 4.74 Å². The van der Waals surface area contributed by atoms with Crippen LogP contribution in [0.5, 0.6) is 0 Å². The second kappa shape index (κ2) is 7.45. The van der Waals surface area contributed by atoms with Gasteiger partial charge in [-0.1, -0.05) is 19.4 Å². The van der Waals surface area contributed by atoms with E-state index in [2.05, 4.69) is 17.2 Å². The van der Waals surface area contributed by atoms with Crippen LogP contribution in [0.15, 0.2) is 36.4 Å². The van der Waals surface area contributed by atoms with Crippen molar-refractivity contribution >= 4 is 23.2 Å². The highest BCUT2D eigenvalue weighted by Gasteiger charge is 2.08. The third-order valence-electron chi connectivity index (χ3n) is 3.23. The molecule has 0 aliphatic rings. The molecule has 0 atom stereocenters. The van der Waals surface area contributed by atoms with Crippen molar-refractivity contribution in [2.24, 2.45) is 0 Å². The average molecular weight is 299 g/mol. The number of benzene rings is 1. The zero-order valence-electron chi connectivity index (χ0n) is 12.9. The number of hydrogen-bond donors (Lipinski definition) is 2. The van der Waals surface area contributed by atoms with Crippen molar-refractivity contribution < 1.29 is 9.53 Å². The van der Waals surface area contributed by atoms with Crippen molar-refractivity contribution in [2.75, 3.05) is 17.7 Å². The molecular formula is C17H21N3O2. The van der Waals surface area contributed by atoms with Crippen molar-refractivity contribution in [1.82, 2.24) is 4.98 Å². The van der Waals surface area contributed by atoms with Gasteiger partial charge in [-0.05, 0) is 43.7 Å². The van der Waals surface area contributed by atoms with Gasteiger partial charge in [0.1, 0.15) is 5.82 Å². The SMILES string of the molecule is CCCCOC(=O)c1cccc(Nc2ccc(N)c(C)n2)c1. The number of nitrogen functional groups attached to an aromatic ring is 1. The Kier molecular flexibility index (Phi) is 5.36. The molecule has 0 spiro atoms. The second-order valence-corrected chi connectivity index (χ2v) is 5.07. The van der Waals surface area contributed by atoms with Crippen LogP contribution in [0, 0.1) is 6.92 Å². The molecule has 0 bridgehead atoms. The maximum atomic E-state index is 11.9. The molecule has 1 aromatic carbocycles. The van der Waals surface area contributed by atoms with Gasteiger partial charge in [0, 0.05) is 5.69 Å². The van der Waals surface area contributed by atoms with E-state index in [4.69, 9.17) is 10.5 Å². The Bertz CT molecular complexity index is 656. The smallest absolute Gasteiger partial charge is 0.338 e. The fourth-order valence-electron chi connectivity index (χ4n) is 1.91. The molecule has 2 aromatic rings. The Hall–Kier alpha value is -2.56. The van der Waals surface area contributed by atoms with Crippen LogP contribution in [0.1, 0.15) is 35.8 Å². The number of carbonyl (C=O) groups excluding carboxylic acids is 1. The van der Waals surface area contributed by atoms with E-state index < -0.39 is 0 Å². The van der Waals surface area contributed by atoms with Gasteiger partial charge < -0.3 is 15.8 Å². The Balaban J connectivity index is 2.07. The number of esters is 1. The lowest BCUT2D eigenvalue weighted by Gasteiger charge is -2.09. The van der Waals surface area contributed by atoms with Crippen LogP contribution in [-0.4, -0.2) is 17.6 Å². The van der Waals surface area contributed by atoms with Crippen LogP contribution in [0.4, 0.5) is 17.2 Å². The van der Waals surface area contributed by atoms with Gasteiger partial charge in [0.25, 0.3) is 0 Å². The third-order valence-corrected chi connectivity index (χ3v) is 3.23. The summed E-state index contributed by atoms with van der Waals surface area (Å²) in [4.78, 5) is 16.3. The zero-order chi connectivity index (χ0) is 15.9. The highest BCUT2D eigenvalue weighted by atomic mass is 16.5. The first kappa shape index (κ1) is 15.8. The monoisotopic (exact) mass is 299 g/mol. The quantitative estimate of drug-likeness (QED) is 0.628. The summed E-state index contributed by atoms with van der Waals surface area (Å²) in [6.07, 6.45) is 1.87. The summed E-state index contributed by atoms with van der Waals surface area (Å²) < 4.78 is 5.21. The van der Waals surface area contributed by atoms with Gasteiger partial charge in [-0.2, -0.15) is 0 Å². The Morgan fingerprint density at radius 1 is 1.32 bits per heavy atom. The molecule has 0 aliphatic heterocycles. The molecule has 0 aliphatic carbocycles. The summed E-state index contributed by atoms with van der Waals surface area (Å²) in [6.45, 7) is 4.35. The summed E-state index contributed by atoms with van der Waals surface area (Å²) in [7, 11) is 0. The van der Waals surface area contributed by atoms with Crippen LogP contribution >= 0.6 is 0 Å². The first-order valence-electron chi connectivity index (χ1n) is 7.37. The summed E-state index contributed by atoms with van der Waals surface area (Å²) in [5.74, 6) is 0.377. The molecule has 3 N–H and O–H groups in total. The number of ether oxygens (including phenoxy) is 1. The minimum atomic E-state index is -0.307. The molecular weight excluding hydrogens is 278 g/mol. The largest absolute Gasteiger partial charge is 0.462 e. The number of unbranched alkanes of at least 4 members (excludes halogenated alkanes) is 1. The molecule has 0 unspecified atom stereocenters. The van der Waals surface area contributed by atoms with Crippen molar-refractivity contribution in [1.29, 1.82) is 0 Å². The predicted octanol–water partition coefficient (Wildman–Crippen LogP) is 3.67.